The molecule has 0 heterocycles. The molecule has 0 aliphatic carbocycles. The molecule has 0 amide bonds. The third kappa shape index (κ3) is 5.27. The summed E-state index contributed by atoms with van der Waals surface area (Å²) in [5.74, 6) is -5.27. The van der Waals surface area contributed by atoms with Gasteiger partial charge in [0, 0.05) is 0 Å². The number of aliphatic carboxylic acids is 2. The van der Waals surface area contributed by atoms with E-state index in [9.17, 15) is 29.6 Å². The van der Waals surface area contributed by atoms with Gasteiger partial charge in [0.25, 0.3) is 0 Å². The van der Waals surface area contributed by atoms with Gasteiger partial charge in [0.1, 0.15) is 0 Å². The Labute approximate surface area is 92.2 Å². The maximum atomic E-state index is 10.8. The predicted molar refractivity (Wildman–Crippen MR) is 43.6 cm³/mol. The molecule has 0 aliphatic heterocycles. The van der Waals surface area contributed by atoms with Crippen LogP contribution in [0.25, 0.3) is 0 Å². The first-order valence-electron chi connectivity index (χ1n) is 3.87. The summed E-state index contributed by atoms with van der Waals surface area (Å²) in [5.41, 5.74) is -2.93. The van der Waals surface area contributed by atoms with Crippen LogP contribution in [-0.2, 0) is 24.3 Å². The Kier molecular flexibility index (Phi) is 4.80. The molecule has 0 bridgehead atoms. The van der Waals surface area contributed by atoms with E-state index in [2.05, 4.69) is 9.88 Å². The summed E-state index contributed by atoms with van der Waals surface area (Å²) in [4.78, 5) is 47.8. The first kappa shape index (κ1) is 14.6. The molecule has 0 spiro atoms. The molecule has 0 saturated heterocycles. The van der Waals surface area contributed by atoms with Crippen LogP contribution >= 0.6 is 0 Å². The molecule has 11 nitrogen and oxygen atoms in total. The Morgan fingerprint density at radius 3 is 2.12 bits per heavy atom. The zero-order valence-corrected chi connectivity index (χ0v) is 8.06. The number of aliphatic hydroxyl groups is 1. The van der Waals surface area contributed by atoms with Crippen molar-refractivity contribution in [3.05, 3.63) is 10.1 Å². The van der Waals surface area contributed by atoms with Gasteiger partial charge in [0.15, 0.2) is 5.60 Å². The normalized spacial score (nSPS) is 13.2. The lowest BCUT2D eigenvalue weighted by Gasteiger charge is -2.19. The number of carboxylic acid groups (broad SMARTS) is 2. The van der Waals surface area contributed by atoms with Gasteiger partial charge >= 0.3 is 23.0 Å². The van der Waals surface area contributed by atoms with Crippen molar-refractivity contribution in [2.24, 2.45) is 0 Å². The molecule has 0 saturated carbocycles. The number of hydrogen-bond acceptors (Lipinski definition) is 8. The van der Waals surface area contributed by atoms with Gasteiger partial charge in [-0.3, -0.25) is 9.68 Å². The lowest BCUT2D eigenvalue weighted by molar-refractivity contribution is -0.839. The zero-order chi connectivity index (χ0) is 13.6. The largest absolute Gasteiger partial charge is 0.481 e. The molecule has 0 radical (unpaired) electrons. The van der Waals surface area contributed by atoms with Crippen LogP contribution < -0.4 is 0 Å². The Balaban J connectivity index is 4.54. The van der Waals surface area contributed by atoms with E-state index in [1.54, 1.807) is 0 Å². The number of carbonyl (C=O) groups excluding carboxylic acids is 1. The Morgan fingerprint density at radius 1 is 1.24 bits per heavy atom. The fraction of sp³-hybridized carbons (Fsp3) is 0.500. The van der Waals surface area contributed by atoms with Crippen molar-refractivity contribution in [1.82, 2.24) is 0 Å². The van der Waals surface area contributed by atoms with Crippen molar-refractivity contribution < 1.29 is 44.7 Å². The van der Waals surface area contributed by atoms with Crippen molar-refractivity contribution >= 4 is 17.9 Å². The van der Waals surface area contributed by atoms with Crippen LogP contribution in [0.1, 0.15) is 12.8 Å². The second kappa shape index (κ2) is 5.60. The number of carboxylic acids is 2. The molecule has 0 aromatic rings. The van der Waals surface area contributed by atoms with Crippen molar-refractivity contribution in [2.75, 3.05) is 0 Å². The van der Waals surface area contributed by atoms with E-state index in [-0.39, 0.29) is 0 Å². The zero-order valence-electron chi connectivity index (χ0n) is 8.06. The highest BCUT2D eigenvalue weighted by Crippen LogP contribution is 2.17. The molecular formula is C6H7NO10. The van der Waals surface area contributed by atoms with Crippen LogP contribution in [0.4, 0.5) is 0 Å². The second-order valence-corrected chi connectivity index (χ2v) is 2.84. The molecule has 0 aromatic heterocycles. The fourth-order valence-corrected chi connectivity index (χ4v) is 0.804. The van der Waals surface area contributed by atoms with Gasteiger partial charge in [-0.2, -0.15) is 0 Å². The Hall–Kier alpha value is -2.43. The molecule has 3 N–H and O–H groups in total. The van der Waals surface area contributed by atoms with Crippen LogP contribution in [0.15, 0.2) is 0 Å². The summed E-state index contributed by atoms with van der Waals surface area (Å²) in [6.45, 7) is 0. The maximum Gasteiger partial charge on any atom is 0.346 e. The van der Waals surface area contributed by atoms with Gasteiger partial charge in [-0.1, -0.05) is 4.99 Å². The predicted octanol–water partition coefficient (Wildman–Crippen LogP) is -1.67. The highest BCUT2D eigenvalue weighted by atomic mass is 17.3. The second-order valence-electron chi connectivity index (χ2n) is 2.84. The van der Waals surface area contributed by atoms with E-state index in [0.29, 0.717) is 0 Å². The van der Waals surface area contributed by atoms with Crippen LogP contribution in [0.5, 0.6) is 0 Å². The standard InChI is InChI=1S/C6H7NO10/c8-3(9)1-6(13,5(11)12)2-4(10)16-17-7(14)15/h13H,1-2H2,(H,8,9)(H,11,12). The molecular weight excluding hydrogens is 246 g/mol. The molecule has 1 atom stereocenters. The van der Waals surface area contributed by atoms with Gasteiger partial charge < -0.3 is 15.3 Å². The minimum atomic E-state index is -2.93. The van der Waals surface area contributed by atoms with Crippen LogP contribution in [-0.4, -0.2) is 43.9 Å². The van der Waals surface area contributed by atoms with Gasteiger partial charge in [0.05, 0.1) is 12.8 Å². The molecule has 0 aliphatic rings. The van der Waals surface area contributed by atoms with E-state index >= 15 is 0 Å². The summed E-state index contributed by atoms with van der Waals surface area (Å²) in [5, 5.41) is 34.2. The summed E-state index contributed by atoms with van der Waals surface area (Å²) >= 11 is 0. The van der Waals surface area contributed by atoms with Crippen molar-refractivity contribution in [3.8, 4) is 0 Å². The third-order valence-corrected chi connectivity index (χ3v) is 1.47. The topological polar surface area (TPSA) is 174 Å². The quantitative estimate of drug-likeness (QED) is 0.270. The van der Waals surface area contributed by atoms with Gasteiger partial charge in [-0.05, 0) is 0 Å². The highest BCUT2D eigenvalue weighted by Gasteiger charge is 2.41. The van der Waals surface area contributed by atoms with E-state index in [4.69, 9.17) is 10.2 Å². The summed E-state index contributed by atoms with van der Waals surface area (Å²) < 4.78 is 0. The minimum Gasteiger partial charge on any atom is -0.481 e. The van der Waals surface area contributed by atoms with Crippen molar-refractivity contribution in [3.63, 3.8) is 0 Å². The van der Waals surface area contributed by atoms with Gasteiger partial charge in [-0.15, -0.1) is 10.1 Å². The molecule has 96 valence electrons. The van der Waals surface area contributed by atoms with Crippen LogP contribution in [0.2, 0.25) is 0 Å². The van der Waals surface area contributed by atoms with E-state index in [1.807, 2.05) is 0 Å². The molecule has 0 rings (SSSR count). The van der Waals surface area contributed by atoms with E-state index in [0.717, 1.165) is 0 Å². The van der Waals surface area contributed by atoms with Gasteiger partial charge in [0.2, 0.25) is 0 Å². The smallest absolute Gasteiger partial charge is 0.346 e. The molecule has 0 fully saturated rings. The van der Waals surface area contributed by atoms with E-state index in [1.165, 1.54) is 0 Å². The summed E-state index contributed by atoms with van der Waals surface area (Å²) in [6.07, 6.45) is -2.60. The van der Waals surface area contributed by atoms with Crippen LogP contribution in [0.3, 0.4) is 0 Å². The van der Waals surface area contributed by atoms with Gasteiger partial charge in [-0.25, -0.2) is 9.59 Å². The maximum absolute atomic E-state index is 10.8. The monoisotopic (exact) mass is 253 g/mol. The van der Waals surface area contributed by atoms with Crippen molar-refractivity contribution in [1.29, 1.82) is 0 Å². The average Bonchev–Trinajstić information content (AvgIpc) is 2.12. The summed E-state index contributed by atoms with van der Waals surface area (Å²) in [6, 6.07) is 0. The number of carbonyl (C=O) groups is 3. The van der Waals surface area contributed by atoms with Crippen LogP contribution in [0, 0.1) is 10.1 Å². The number of hydrogen-bond donors (Lipinski definition) is 3. The first-order valence-corrected chi connectivity index (χ1v) is 3.87. The summed E-state index contributed by atoms with van der Waals surface area (Å²) in [7, 11) is 0. The Bertz CT molecular complexity index is 351. The first-order chi connectivity index (χ1) is 7.67. The molecule has 11 heteroatoms. The number of rotatable bonds is 7. The van der Waals surface area contributed by atoms with Crippen molar-refractivity contribution in [2.45, 2.75) is 18.4 Å². The average molecular weight is 253 g/mol. The highest BCUT2D eigenvalue weighted by molar-refractivity contribution is 5.88. The SMILES string of the molecule is O=C(O)CC(O)(CC(=O)OO[N+](=O)[O-])C(=O)O. The van der Waals surface area contributed by atoms with E-state index < -0.39 is 41.4 Å². The third-order valence-electron chi connectivity index (χ3n) is 1.47. The number of nitrogens with zero attached hydrogens (tertiary/aromatic N) is 1. The minimum absolute atomic E-state index is 1.28. The lowest BCUT2D eigenvalue weighted by atomic mass is 9.96. The lowest BCUT2D eigenvalue weighted by Crippen LogP contribution is -2.43. The molecule has 1 unspecified atom stereocenters. The Morgan fingerprint density at radius 2 is 1.76 bits per heavy atom. The molecule has 17 heavy (non-hydrogen) atoms. The molecule has 0 aromatic carbocycles. The fourth-order valence-electron chi connectivity index (χ4n) is 0.804.